The second-order valence-corrected chi connectivity index (χ2v) is 8.57. The number of rotatable bonds is 9. The standard InChI is InChI=1S/C27H36O2/c1-3-5-10-21-14-16-23(17-15-21)27(28)29-25-18-19-26(22-12-8-7-9-13-22)24(20-25)11-6-4-2/h7-9,12-13,18-21,23H,3-6,10-11,14-17H2,1-2H3. The van der Waals surface area contributed by atoms with Gasteiger partial charge in [-0.3, -0.25) is 4.79 Å². The van der Waals surface area contributed by atoms with E-state index in [1.54, 1.807) is 0 Å². The van der Waals surface area contributed by atoms with Crippen molar-refractivity contribution in [1.29, 1.82) is 0 Å². The molecule has 1 saturated carbocycles. The van der Waals surface area contributed by atoms with Crippen molar-refractivity contribution < 1.29 is 9.53 Å². The molecule has 0 spiro atoms. The van der Waals surface area contributed by atoms with Crippen molar-refractivity contribution in [2.24, 2.45) is 11.8 Å². The molecule has 2 heteroatoms. The first-order valence-corrected chi connectivity index (χ1v) is 11.6. The number of carbonyl (C=O) groups is 1. The molecule has 1 aliphatic carbocycles. The van der Waals surface area contributed by atoms with Crippen LogP contribution >= 0.6 is 0 Å². The van der Waals surface area contributed by atoms with Crippen LogP contribution < -0.4 is 4.74 Å². The Hall–Kier alpha value is -2.09. The summed E-state index contributed by atoms with van der Waals surface area (Å²) >= 11 is 0. The van der Waals surface area contributed by atoms with Gasteiger partial charge in [-0.1, -0.05) is 75.9 Å². The maximum atomic E-state index is 12.7. The third-order valence-electron chi connectivity index (χ3n) is 6.33. The summed E-state index contributed by atoms with van der Waals surface area (Å²) in [6.07, 6.45) is 11.5. The third kappa shape index (κ3) is 6.19. The topological polar surface area (TPSA) is 26.3 Å². The number of aryl methyl sites for hydroxylation is 1. The van der Waals surface area contributed by atoms with E-state index in [9.17, 15) is 4.79 Å². The van der Waals surface area contributed by atoms with E-state index in [1.807, 2.05) is 12.1 Å². The van der Waals surface area contributed by atoms with Gasteiger partial charge in [0.2, 0.25) is 0 Å². The average Bonchev–Trinajstić information content (AvgIpc) is 2.77. The fourth-order valence-corrected chi connectivity index (χ4v) is 4.49. The van der Waals surface area contributed by atoms with Crippen molar-refractivity contribution in [2.45, 2.75) is 78.1 Å². The molecule has 1 aliphatic rings. The Labute approximate surface area is 176 Å². The van der Waals surface area contributed by atoms with Crippen LogP contribution in [0.4, 0.5) is 0 Å². The van der Waals surface area contributed by atoms with Gasteiger partial charge >= 0.3 is 5.97 Å². The second kappa shape index (κ2) is 11.2. The van der Waals surface area contributed by atoms with Crippen molar-refractivity contribution >= 4 is 5.97 Å². The number of carbonyl (C=O) groups excluding carboxylic acids is 1. The van der Waals surface area contributed by atoms with E-state index in [1.165, 1.54) is 48.8 Å². The maximum absolute atomic E-state index is 12.7. The first-order valence-electron chi connectivity index (χ1n) is 11.6. The predicted octanol–water partition coefficient (Wildman–Crippen LogP) is 7.60. The van der Waals surface area contributed by atoms with Crippen LogP contribution in [0, 0.1) is 11.8 Å². The Morgan fingerprint density at radius 3 is 2.34 bits per heavy atom. The van der Waals surface area contributed by atoms with Gasteiger partial charge < -0.3 is 4.74 Å². The molecule has 0 unspecified atom stereocenters. The average molecular weight is 393 g/mol. The van der Waals surface area contributed by atoms with Gasteiger partial charge in [0.25, 0.3) is 0 Å². The van der Waals surface area contributed by atoms with E-state index in [0.717, 1.165) is 38.0 Å². The van der Waals surface area contributed by atoms with E-state index in [4.69, 9.17) is 4.74 Å². The molecule has 0 N–H and O–H groups in total. The molecule has 0 radical (unpaired) electrons. The van der Waals surface area contributed by atoms with Crippen LogP contribution in [0.3, 0.4) is 0 Å². The van der Waals surface area contributed by atoms with Crippen LogP contribution in [0.2, 0.25) is 0 Å². The first-order chi connectivity index (χ1) is 14.2. The van der Waals surface area contributed by atoms with Crippen LogP contribution in [0.1, 0.15) is 77.2 Å². The molecular formula is C27H36O2. The van der Waals surface area contributed by atoms with Gasteiger partial charge in [0.15, 0.2) is 0 Å². The largest absolute Gasteiger partial charge is 0.426 e. The highest BCUT2D eigenvalue weighted by molar-refractivity contribution is 5.76. The maximum Gasteiger partial charge on any atom is 0.314 e. The van der Waals surface area contributed by atoms with Gasteiger partial charge in [-0.15, -0.1) is 0 Å². The van der Waals surface area contributed by atoms with Gasteiger partial charge in [0.05, 0.1) is 5.92 Å². The minimum Gasteiger partial charge on any atom is -0.426 e. The van der Waals surface area contributed by atoms with Crippen LogP contribution in [0.5, 0.6) is 5.75 Å². The summed E-state index contributed by atoms with van der Waals surface area (Å²) in [6.45, 7) is 4.46. The fraction of sp³-hybridized carbons (Fsp3) is 0.519. The fourth-order valence-electron chi connectivity index (χ4n) is 4.49. The number of esters is 1. The summed E-state index contributed by atoms with van der Waals surface area (Å²) in [7, 11) is 0. The highest BCUT2D eigenvalue weighted by atomic mass is 16.5. The molecule has 0 aromatic heterocycles. The quantitative estimate of drug-likeness (QED) is 0.324. The van der Waals surface area contributed by atoms with Crippen molar-refractivity contribution in [3.63, 3.8) is 0 Å². The molecule has 0 saturated heterocycles. The molecule has 29 heavy (non-hydrogen) atoms. The minimum absolute atomic E-state index is 0.0344. The Balaban J connectivity index is 1.65. The zero-order chi connectivity index (χ0) is 20.5. The molecule has 2 nitrogen and oxygen atoms in total. The summed E-state index contributed by atoms with van der Waals surface area (Å²) in [6, 6.07) is 16.6. The van der Waals surface area contributed by atoms with Crippen LogP contribution in [-0.2, 0) is 11.2 Å². The molecule has 0 aliphatic heterocycles. The van der Waals surface area contributed by atoms with Gasteiger partial charge in [0.1, 0.15) is 5.75 Å². The number of benzene rings is 2. The van der Waals surface area contributed by atoms with Gasteiger partial charge in [-0.25, -0.2) is 0 Å². The van der Waals surface area contributed by atoms with E-state index in [0.29, 0.717) is 5.75 Å². The summed E-state index contributed by atoms with van der Waals surface area (Å²) in [5.41, 5.74) is 3.74. The summed E-state index contributed by atoms with van der Waals surface area (Å²) in [5, 5.41) is 0. The highest BCUT2D eigenvalue weighted by Crippen LogP contribution is 2.34. The van der Waals surface area contributed by atoms with Crippen molar-refractivity contribution in [1.82, 2.24) is 0 Å². The number of hydrogen-bond donors (Lipinski definition) is 0. The van der Waals surface area contributed by atoms with Crippen LogP contribution in [-0.4, -0.2) is 5.97 Å². The lowest BCUT2D eigenvalue weighted by Crippen LogP contribution is -2.25. The SMILES string of the molecule is CCCCc1cc(OC(=O)C2CCC(CCCC)CC2)ccc1-c1ccccc1. The third-order valence-corrected chi connectivity index (χ3v) is 6.33. The van der Waals surface area contributed by atoms with Gasteiger partial charge in [0, 0.05) is 0 Å². The molecule has 2 aromatic carbocycles. The minimum atomic E-state index is -0.0344. The number of hydrogen-bond acceptors (Lipinski definition) is 2. The lowest BCUT2D eigenvalue weighted by molar-refractivity contribution is -0.140. The number of unbranched alkanes of at least 4 members (excludes halogenated alkanes) is 2. The normalized spacial score (nSPS) is 19.1. The van der Waals surface area contributed by atoms with Gasteiger partial charge in [-0.2, -0.15) is 0 Å². The van der Waals surface area contributed by atoms with E-state index in [-0.39, 0.29) is 11.9 Å². The molecule has 2 aromatic rings. The van der Waals surface area contributed by atoms with Crippen LogP contribution in [0.15, 0.2) is 48.5 Å². The lowest BCUT2D eigenvalue weighted by atomic mass is 9.80. The Bertz CT molecular complexity index is 757. The van der Waals surface area contributed by atoms with E-state index < -0.39 is 0 Å². The molecular weight excluding hydrogens is 356 g/mol. The van der Waals surface area contributed by atoms with E-state index >= 15 is 0 Å². The molecule has 0 amide bonds. The second-order valence-electron chi connectivity index (χ2n) is 8.57. The Kier molecular flexibility index (Phi) is 8.34. The Morgan fingerprint density at radius 1 is 0.931 bits per heavy atom. The summed E-state index contributed by atoms with van der Waals surface area (Å²) < 4.78 is 5.84. The Morgan fingerprint density at radius 2 is 1.66 bits per heavy atom. The summed E-state index contributed by atoms with van der Waals surface area (Å²) in [5.74, 6) is 1.55. The molecule has 1 fully saturated rings. The molecule has 156 valence electrons. The monoisotopic (exact) mass is 392 g/mol. The molecule has 3 rings (SSSR count). The summed E-state index contributed by atoms with van der Waals surface area (Å²) in [4.78, 5) is 12.7. The highest BCUT2D eigenvalue weighted by Gasteiger charge is 2.27. The van der Waals surface area contributed by atoms with Crippen molar-refractivity contribution in [2.75, 3.05) is 0 Å². The number of ether oxygens (including phenoxy) is 1. The molecule has 0 heterocycles. The van der Waals surface area contributed by atoms with Crippen molar-refractivity contribution in [3.05, 3.63) is 54.1 Å². The van der Waals surface area contributed by atoms with Crippen molar-refractivity contribution in [3.8, 4) is 16.9 Å². The zero-order valence-electron chi connectivity index (χ0n) is 18.2. The zero-order valence-corrected chi connectivity index (χ0v) is 18.2. The molecule has 0 atom stereocenters. The van der Waals surface area contributed by atoms with E-state index in [2.05, 4.69) is 50.2 Å². The lowest BCUT2D eigenvalue weighted by Gasteiger charge is -2.27. The first kappa shape index (κ1) is 21.6. The predicted molar refractivity (Wildman–Crippen MR) is 121 cm³/mol. The van der Waals surface area contributed by atoms with Gasteiger partial charge in [-0.05, 0) is 73.3 Å². The molecule has 0 bridgehead atoms. The smallest absolute Gasteiger partial charge is 0.314 e. The van der Waals surface area contributed by atoms with Crippen LogP contribution in [0.25, 0.3) is 11.1 Å².